The van der Waals surface area contributed by atoms with Gasteiger partial charge in [0, 0.05) is 25.6 Å². The van der Waals surface area contributed by atoms with Crippen LogP contribution in [0.15, 0.2) is 0 Å². The molecule has 0 radical (unpaired) electrons. The number of carbonyl (C=O) groups is 1. The number of alkyl halides is 3. The van der Waals surface area contributed by atoms with Crippen LogP contribution in [0.3, 0.4) is 0 Å². The van der Waals surface area contributed by atoms with E-state index in [1.807, 2.05) is 0 Å². The van der Waals surface area contributed by atoms with E-state index in [-0.39, 0.29) is 19.0 Å². The Kier molecular flexibility index (Phi) is 3.92. The van der Waals surface area contributed by atoms with Crippen LogP contribution in [0.5, 0.6) is 0 Å². The quantitative estimate of drug-likeness (QED) is 0.685. The second-order valence-corrected chi connectivity index (χ2v) is 3.44. The van der Waals surface area contributed by atoms with Crippen molar-refractivity contribution in [2.45, 2.75) is 6.18 Å². The molecule has 2 N–H and O–H groups in total. The second-order valence-electron chi connectivity index (χ2n) is 3.44. The first-order chi connectivity index (χ1) is 6.95. The highest BCUT2D eigenvalue weighted by molar-refractivity contribution is 5.82. The highest BCUT2D eigenvalue weighted by atomic mass is 19.4. The molecule has 0 unspecified atom stereocenters. The van der Waals surface area contributed by atoms with Crippen molar-refractivity contribution >= 4 is 5.91 Å². The van der Waals surface area contributed by atoms with Crippen molar-refractivity contribution in [3.63, 3.8) is 0 Å². The molecule has 4 nitrogen and oxygen atoms in total. The van der Waals surface area contributed by atoms with Crippen molar-refractivity contribution in [3.8, 4) is 0 Å². The lowest BCUT2D eigenvalue weighted by Gasteiger charge is -2.39. The summed E-state index contributed by atoms with van der Waals surface area (Å²) in [5.74, 6) is -1.76. The third-order valence-corrected chi connectivity index (χ3v) is 2.10. The third kappa shape index (κ3) is 3.35. The largest absolute Gasteiger partial charge is 0.471 e. The maximum absolute atomic E-state index is 11.9. The fourth-order valence-corrected chi connectivity index (χ4v) is 1.35. The van der Waals surface area contributed by atoms with Crippen LogP contribution in [0.4, 0.5) is 13.2 Å². The SMILES string of the molecule is NCCOCC1CN(C(=O)C(F)(F)F)C1. The average molecular weight is 226 g/mol. The normalized spacial score (nSPS) is 17.7. The average Bonchev–Trinajstić information content (AvgIpc) is 2.06. The number of nitrogens with two attached hydrogens (primary N) is 1. The van der Waals surface area contributed by atoms with Gasteiger partial charge in [-0.1, -0.05) is 0 Å². The van der Waals surface area contributed by atoms with Crippen LogP contribution < -0.4 is 5.73 Å². The van der Waals surface area contributed by atoms with E-state index in [0.29, 0.717) is 19.8 Å². The lowest BCUT2D eigenvalue weighted by molar-refractivity contribution is -0.192. The Balaban J connectivity index is 2.17. The topological polar surface area (TPSA) is 55.6 Å². The van der Waals surface area contributed by atoms with Gasteiger partial charge in [0.2, 0.25) is 0 Å². The highest BCUT2D eigenvalue weighted by Crippen LogP contribution is 2.24. The first-order valence-corrected chi connectivity index (χ1v) is 4.59. The third-order valence-electron chi connectivity index (χ3n) is 2.10. The summed E-state index contributed by atoms with van der Waals surface area (Å²) < 4.78 is 40.8. The van der Waals surface area contributed by atoms with Crippen LogP contribution in [0.25, 0.3) is 0 Å². The summed E-state index contributed by atoms with van der Waals surface area (Å²) in [5, 5.41) is 0. The Morgan fingerprint density at radius 2 is 2.07 bits per heavy atom. The molecule has 1 saturated heterocycles. The predicted octanol–water partition coefficient (Wildman–Crippen LogP) is -0.0176. The summed E-state index contributed by atoms with van der Waals surface area (Å²) in [5.41, 5.74) is 5.17. The summed E-state index contributed by atoms with van der Waals surface area (Å²) in [7, 11) is 0. The molecule has 0 aromatic carbocycles. The number of hydrogen-bond donors (Lipinski definition) is 1. The van der Waals surface area contributed by atoms with Crippen LogP contribution in [0.1, 0.15) is 0 Å². The van der Waals surface area contributed by atoms with Crippen molar-refractivity contribution in [1.29, 1.82) is 0 Å². The van der Waals surface area contributed by atoms with Gasteiger partial charge in [0.05, 0.1) is 13.2 Å². The lowest BCUT2D eigenvalue weighted by atomic mass is 10.0. The Labute approximate surface area is 85.2 Å². The maximum atomic E-state index is 11.9. The van der Waals surface area contributed by atoms with E-state index in [1.165, 1.54) is 0 Å². The standard InChI is InChI=1S/C8H13F3N2O2/c9-8(10,11)7(14)13-3-6(4-13)5-15-2-1-12/h6H,1-5,12H2. The van der Waals surface area contributed by atoms with Crippen molar-refractivity contribution in [2.24, 2.45) is 11.7 Å². The van der Waals surface area contributed by atoms with Crippen LogP contribution in [0.2, 0.25) is 0 Å². The molecule has 1 amide bonds. The molecular formula is C8H13F3N2O2. The molecule has 1 fully saturated rings. The molecule has 1 rings (SSSR count). The number of carbonyl (C=O) groups excluding carboxylic acids is 1. The number of rotatable bonds is 4. The Bertz CT molecular complexity index is 226. The number of halogens is 3. The molecule has 7 heteroatoms. The van der Waals surface area contributed by atoms with Crippen molar-refractivity contribution in [1.82, 2.24) is 4.90 Å². The first-order valence-electron chi connectivity index (χ1n) is 4.59. The maximum Gasteiger partial charge on any atom is 0.471 e. The number of nitrogens with zero attached hydrogens (tertiary/aromatic N) is 1. The summed E-state index contributed by atoms with van der Waals surface area (Å²) in [6.07, 6.45) is -4.76. The van der Waals surface area contributed by atoms with Gasteiger partial charge in [0.1, 0.15) is 0 Å². The molecular weight excluding hydrogens is 213 g/mol. The van der Waals surface area contributed by atoms with Gasteiger partial charge in [-0.3, -0.25) is 4.79 Å². The molecule has 1 heterocycles. The molecule has 0 aliphatic carbocycles. The molecule has 0 aromatic heterocycles. The van der Waals surface area contributed by atoms with Crippen molar-refractivity contribution in [2.75, 3.05) is 32.8 Å². The molecule has 15 heavy (non-hydrogen) atoms. The van der Waals surface area contributed by atoms with Gasteiger partial charge in [-0.25, -0.2) is 0 Å². The van der Waals surface area contributed by atoms with Crippen LogP contribution in [-0.2, 0) is 9.53 Å². The Hall–Kier alpha value is -0.820. The summed E-state index contributed by atoms with van der Waals surface area (Å²) >= 11 is 0. The van der Waals surface area contributed by atoms with Gasteiger partial charge in [-0.2, -0.15) is 13.2 Å². The second kappa shape index (κ2) is 4.80. The zero-order valence-electron chi connectivity index (χ0n) is 8.09. The molecule has 0 bridgehead atoms. The number of ether oxygens (including phenoxy) is 1. The number of amides is 1. The van der Waals surface area contributed by atoms with Gasteiger partial charge in [0.15, 0.2) is 0 Å². The van der Waals surface area contributed by atoms with E-state index >= 15 is 0 Å². The number of hydrogen-bond acceptors (Lipinski definition) is 3. The molecule has 0 aromatic rings. The van der Waals surface area contributed by atoms with E-state index in [2.05, 4.69) is 0 Å². The van der Waals surface area contributed by atoms with Crippen molar-refractivity contribution < 1.29 is 22.7 Å². The lowest BCUT2D eigenvalue weighted by Crippen LogP contribution is -2.55. The first kappa shape index (κ1) is 12.3. The van der Waals surface area contributed by atoms with Crippen LogP contribution in [-0.4, -0.2) is 49.8 Å². The summed E-state index contributed by atoms with van der Waals surface area (Å²) in [4.78, 5) is 11.4. The fourth-order valence-electron chi connectivity index (χ4n) is 1.35. The minimum atomic E-state index is -4.76. The summed E-state index contributed by atoms with van der Waals surface area (Å²) in [6.45, 7) is 1.37. The van der Waals surface area contributed by atoms with E-state index in [1.54, 1.807) is 0 Å². The Morgan fingerprint density at radius 1 is 1.47 bits per heavy atom. The van der Waals surface area contributed by atoms with E-state index in [9.17, 15) is 18.0 Å². The van der Waals surface area contributed by atoms with E-state index in [4.69, 9.17) is 10.5 Å². The molecule has 0 spiro atoms. The van der Waals surface area contributed by atoms with Crippen LogP contribution in [0, 0.1) is 5.92 Å². The van der Waals surface area contributed by atoms with Gasteiger partial charge in [-0.15, -0.1) is 0 Å². The zero-order valence-corrected chi connectivity index (χ0v) is 8.09. The van der Waals surface area contributed by atoms with Gasteiger partial charge >= 0.3 is 12.1 Å². The predicted molar refractivity (Wildman–Crippen MR) is 46.0 cm³/mol. The minimum Gasteiger partial charge on any atom is -0.380 e. The molecule has 0 saturated carbocycles. The van der Waals surface area contributed by atoms with E-state index < -0.39 is 12.1 Å². The monoisotopic (exact) mass is 226 g/mol. The minimum absolute atomic E-state index is 0.00264. The molecule has 1 aliphatic rings. The van der Waals surface area contributed by atoms with E-state index in [0.717, 1.165) is 4.90 Å². The van der Waals surface area contributed by atoms with Crippen molar-refractivity contribution in [3.05, 3.63) is 0 Å². The smallest absolute Gasteiger partial charge is 0.380 e. The van der Waals surface area contributed by atoms with Gasteiger partial charge in [-0.05, 0) is 0 Å². The highest BCUT2D eigenvalue weighted by Gasteiger charge is 2.46. The molecule has 0 atom stereocenters. The van der Waals surface area contributed by atoms with Gasteiger partial charge in [0.25, 0.3) is 0 Å². The summed E-state index contributed by atoms with van der Waals surface area (Å²) in [6, 6.07) is 0. The fraction of sp³-hybridized carbons (Fsp3) is 0.875. The molecule has 1 aliphatic heterocycles. The van der Waals surface area contributed by atoms with Gasteiger partial charge < -0.3 is 15.4 Å². The number of likely N-dealkylation sites (tertiary alicyclic amines) is 1. The van der Waals surface area contributed by atoms with Crippen LogP contribution >= 0.6 is 0 Å². The molecule has 88 valence electrons. The zero-order chi connectivity index (χ0) is 11.5. The Morgan fingerprint density at radius 3 is 2.53 bits per heavy atom.